The quantitative estimate of drug-likeness (QED) is 0.430. The third-order valence-electron chi connectivity index (χ3n) is 6.88. The lowest BCUT2D eigenvalue weighted by atomic mass is 9.84. The maximum Gasteiger partial charge on any atom is 0.312 e. The molecule has 1 aromatic carbocycles. The Morgan fingerprint density at radius 3 is 2.57 bits per heavy atom. The fraction of sp³-hybridized carbons (Fsp3) is 0.407. The summed E-state index contributed by atoms with van der Waals surface area (Å²) in [4.78, 5) is 37.7. The summed E-state index contributed by atoms with van der Waals surface area (Å²) in [5.74, 6) is 1.11. The number of ketones is 1. The van der Waals surface area contributed by atoms with Gasteiger partial charge in [-0.05, 0) is 48.6 Å². The van der Waals surface area contributed by atoms with Crippen molar-refractivity contribution in [2.75, 3.05) is 29.9 Å². The highest BCUT2D eigenvalue weighted by Gasteiger charge is 2.36. The molecule has 1 atom stereocenters. The minimum absolute atomic E-state index is 0.0568. The fourth-order valence-electron chi connectivity index (χ4n) is 4.68. The molecule has 35 heavy (non-hydrogen) atoms. The largest absolute Gasteiger partial charge is 0.353 e. The Morgan fingerprint density at radius 2 is 1.91 bits per heavy atom. The summed E-state index contributed by atoms with van der Waals surface area (Å²) < 4.78 is 0.930. The van der Waals surface area contributed by atoms with Crippen LogP contribution in [-0.2, 0) is 4.79 Å². The van der Waals surface area contributed by atoms with Crippen molar-refractivity contribution >= 4 is 56.2 Å². The number of hydrogen-bond acceptors (Lipinski definition) is 6. The summed E-state index contributed by atoms with van der Waals surface area (Å²) in [7, 11) is 0. The van der Waals surface area contributed by atoms with Gasteiger partial charge in [-0.15, -0.1) is 0 Å². The molecule has 1 radical (unpaired) electrons. The van der Waals surface area contributed by atoms with Gasteiger partial charge in [-0.1, -0.05) is 36.7 Å². The van der Waals surface area contributed by atoms with Crippen molar-refractivity contribution in [2.45, 2.75) is 39.7 Å². The zero-order chi connectivity index (χ0) is 24.7. The monoisotopic (exact) mass is 534 g/mol. The third kappa shape index (κ3) is 4.89. The Labute approximate surface area is 214 Å². The molecule has 0 spiro atoms. The van der Waals surface area contributed by atoms with E-state index in [2.05, 4.69) is 58.3 Å². The van der Waals surface area contributed by atoms with Crippen LogP contribution in [0.1, 0.15) is 44.0 Å². The molecular formula is C27H29BrN5O2. The second-order valence-electron chi connectivity index (χ2n) is 10.5. The van der Waals surface area contributed by atoms with E-state index in [1.807, 2.05) is 30.3 Å². The topological polar surface area (TPSA) is 78.4 Å². The number of rotatable bonds is 6. The van der Waals surface area contributed by atoms with E-state index in [0.29, 0.717) is 25.2 Å². The fourth-order valence-corrected chi connectivity index (χ4v) is 5.05. The molecule has 1 aliphatic heterocycles. The molecule has 7 nitrogen and oxygen atoms in total. The smallest absolute Gasteiger partial charge is 0.312 e. The van der Waals surface area contributed by atoms with Crippen LogP contribution in [0.2, 0.25) is 0 Å². The molecule has 5 rings (SSSR count). The molecule has 1 amide bonds. The number of piperazine rings is 1. The van der Waals surface area contributed by atoms with Crippen LogP contribution in [-0.4, -0.2) is 52.7 Å². The summed E-state index contributed by atoms with van der Waals surface area (Å²) in [6.45, 7) is 8.47. The Kier molecular flexibility index (Phi) is 6.25. The SMILES string of the molecule is CC(C)(C)C1CN(c2ccc(Nc3c(C(=O)C4CC4)cnc4ccc(Br)cc34)cn2)CCN1[C]=O. The van der Waals surface area contributed by atoms with Crippen LogP contribution in [0.3, 0.4) is 0 Å². The number of hydrogen-bond donors (Lipinski definition) is 1. The number of Topliss-reactive ketones (excluding diaryl/α,β-unsaturated/α-hetero) is 1. The zero-order valence-electron chi connectivity index (χ0n) is 20.2. The molecule has 2 aliphatic rings. The molecule has 8 heteroatoms. The first kappa shape index (κ1) is 23.7. The number of anilines is 3. The number of fused-ring (bicyclic) bond motifs is 1. The van der Waals surface area contributed by atoms with Crippen LogP contribution in [0, 0.1) is 11.3 Å². The van der Waals surface area contributed by atoms with Crippen LogP contribution >= 0.6 is 15.9 Å². The average Bonchev–Trinajstić information content (AvgIpc) is 3.69. The number of benzene rings is 1. The maximum absolute atomic E-state index is 13.0. The predicted molar refractivity (Wildman–Crippen MR) is 142 cm³/mol. The summed E-state index contributed by atoms with van der Waals surface area (Å²) in [6.07, 6.45) is 7.48. The standard InChI is InChI=1S/C27H29BrN5O2/c1-27(2,3)23-15-32(10-11-33(23)16-34)24-9-7-19(13-30-24)31-25-20-12-18(28)6-8-22(20)29-14-21(25)26(35)17-4-5-17/h6-9,12-14,17,23H,4-5,10-11,15H2,1-3H3,(H,29,31). The first-order chi connectivity index (χ1) is 16.7. The van der Waals surface area contributed by atoms with Crippen LogP contribution in [0.15, 0.2) is 47.2 Å². The molecular weight excluding hydrogens is 506 g/mol. The van der Waals surface area contributed by atoms with Gasteiger partial charge < -0.3 is 15.1 Å². The van der Waals surface area contributed by atoms with Crippen molar-refractivity contribution in [3.8, 4) is 0 Å². The van der Waals surface area contributed by atoms with E-state index in [1.54, 1.807) is 17.3 Å². The van der Waals surface area contributed by atoms with Crippen LogP contribution < -0.4 is 10.2 Å². The van der Waals surface area contributed by atoms with E-state index in [1.165, 1.54) is 0 Å². The van der Waals surface area contributed by atoms with Crippen molar-refractivity contribution in [1.82, 2.24) is 14.9 Å². The van der Waals surface area contributed by atoms with Gasteiger partial charge in [0.1, 0.15) is 5.82 Å². The molecule has 1 N–H and O–H groups in total. The first-order valence-corrected chi connectivity index (χ1v) is 12.8. The van der Waals surface area contributed by atoms with Crippen molar-refractivity contribution in [3.63, 3.8) is 0 Å². The number of aromatic nitrogens is 2. The van der Waals surface area contributed by atoms with Gasteiger partial charge in [-0.25, -0.2) is 4.98 Å². The van der Waals surface area contributed by atoms with Gasteiger partial charge in [-0.3, -0.25) is 14.6 Å². The molecule has 3 heterocycles. The minimum atomic E-state index is -0.0568. The third-order valence-corrected chi connectivity index (χ3v) is 7.38. The second-order valence-corrected chi connectivity index (χ2v) is 11.4. The lowest BCUT2D eigenvalue weighted by Gasteiger charge is -2.45. The zero-order valence-corrected chi connectivity index (χ0v) is 21.8. The van der Waals surface area contributed by atoms with Gasteiger partial charge in [0.25, 0.3) is 0 Å². The maximum atomic E-state index is 13.0. The van der Waals surface area contributed by atoms with E-state index < -0.39 is 0 Å². The van der Waals surface area contributed by atoms with E-state index in [4.69, 9.17) is 4.98 Å². The van der Waals surface area contributed by atoms with Crippen molar-refractivity contribution in [1.29, 1.82) is 0 Å². The van der Waals surface area contributed by atoms with Crippen molar-refractivity contribution < 1.29 is 9.59 Å². The van der Waals surface area contributed by atoms with E-state index in [-0.39, 0.29) is 23.2 Å². The Bertz CT molecular complexity index is 1270. The Morgan fingerprint density at radius 1 is 1.11 bits per heavy atom. The molecule has 1 saturated heterocycles. The van der Waals surface area contributed by atoms with Gasteiger partial charge in [0.15, 0.2) is 5.78 Å². The molecule has 1 unspecified atom stereocenters. The van der Waals surface area contributed by atoms with Gasteiger partial charge in [0.05, 0.1) is 34.7 Å². The normalized spacial score (nSPS) is 18.6. The Balaban J connectivity index is 1.42. The number of carbonyl (C=O) groups excluding carboxylic acids is 2. The molecule has 2 aromatic heterocycles. The highest BCUT2D eigenvalue weighted by atomic mass is 79.9. The second kappa shape index (κ2) is 9.22. The van der Waals surface area contributed by atoms with Gasteiger partial charge in [0.2, 0.25) is 0 Å². The highest BCUT2D eigenvalue weighted by molar-refractivity contribution is 9.10. The van der Waals surface area contributed by atoms with Crippen molar-refractivity contribution in [2.24, 2.45) is 11.3 Å². The van der Waals surface area contributed by atoms with Gasteiger partial charge >= 0.3 is 6.41 Å². The van der Waals surface area contributed by atoms with Crippen LogP contribution in [0.25, 0.3) is 10.9 Å². The number of carbonyl (C=O) groups is 1. The van der Waals surface area contributed by atoms with E-state index in [9.17, 15) is 9.59 Å². The highest BCUT2D eigenvalue weighted by Crippen LogP contribution is 2.38. The summed E-state index contributed by atoms with van der Waals surface area (Å²) >= 11 is 3.55. The summed E-state index contributed by atoms with van der Waals surface area (Å²) in [5, 5.41) is 4.36. The summed E-state index contributed by atoms with van der Waals surface area (Å²) in [5.41, 5.74) is 2.96. The van der Waals surface area contributed by atoms with E-state index in [0.717, 1.165) is 45.4 Å². The molecule has 0 bridgehead atoms. The van der Waals surface area contributed by atoms with Crippen LogP contribution in [0.4, 0.5) is 17.2 Å². The number of amides is 1. The van der Waals surface area contributed by atoms with Gasteiger partial charge in [-0.2, -0.15) is 0 Å². The van der Waals surface area contributed by atoms with Crippen LogP contribution in [0.5, 0.6) is 0 Å². The lowest BCUT2D eigenvalue weighted by molar-refractivity contribution is 0.0968. The number of nitrogens with one attached hydrogen (secondary N) is 1. The number of pyridine rings is 2. The average molecular weight is 535 g/mol. The first-order valence-electron chi connectivity index (χ1n) is 12.0. The van der Waals surface area contributed by atoms with E-state index >= 15 is 0 Å². The molecule has 3 aromatic rings. The molecule has 181 valence electrons. The summed E-state index contributed by atoms with van der Waals surface area (Å²) in [6, 6.07) is 9.92. The van der Waals surface area contributed by atoms with Gasteiger partial charge in [0, 0.05) is 41.6 Å². The minimum Gasteiger partial charge on any atom is -0.353 e. The van der Waals surface area contributed by atoms with Crippen molar-refractivity contribution in [3.05, 3.63) is 52.8 Å². The Hall–Kier alpha value is -3.00. The number of halogens is 1. The lowest BCUT2D eigenvalue weighted by Crippen LogP contribution is -2.57. The predicted octanol–water partition coefficient (Wildman–Crippen LogP) is 5.33. The number of nitrogens with zero attached hydrogens (tertiary/aromatic N) is 4. The molecule has 2 fully saturated rings. The molecule has 1 saturated carbocycles. The molecule has 1 aliphatic carbocycles.